The smallest absolute Gasteiger partial charge is 0.319 e. The van der Waals surface area contributed by atoms with Crippen LogP contribution in [-0.2, 0) is 0 Å². The molecule has 5 heteroatoms. The topological polar surface area (TPSA) is 44.4 Å². The summed E-state index contributed by atoms with van der Waals surface area (Å²) in [6, 6.07) is 15.2. The molecule has 1 saturated heterocycles. The fraction of sp³-hybridized carbons (Fsp3) is 0.350. The third kappa shape index (κ3) is 4.89. The third-order valence-electron chi connectivity index (χ3n) is 4.54. The molecule has 0 bridgehead atoms. The van der Waals surface area contributed by atoms with Crippen LogP contribution in [0, 0.1) is 0 Å². The Kier molecular flexibility index (Phi) is 5.82. The van der Waals surface area contributed by atoms with Crippen molar-refractivity contribution < 1.29 is 4.79 Å². The average molecular weight is 358 g/mol. The molecule has 1 aliphatic heterocycles. The highest BCUT2D eigenvalue weighted by atomic mass is 35.5. The summed E-state index contributed by atoms with van der Waals surface area (Å²) in [5.74, 6) is 0. The summed E-state index contributed by atoms with van der Waals surface area (Å²) in [6.45, 7) is 4.12. The predicted molar refractivity (Wildman–Crippen MR) is 105 cm³/mol. The molecule has 132 valence electrons. The van der Waals surface area contributed by atoms with Crippen LogP contribution >= 0.6 is 11.6 Å². The number of anilines is 2. The molecule has 2 aromatic rings. The van der Waals surface area contributed by atoms with Gasteiger partial charge in [0.1, 0.15) is 0 Å². The molecule has 0 spiro atoms. The molecular formula is C20H24ClN3O. The average Bonchev–Trinajstić information content (AvgIpc) is 2.63. The van der Waals surface area contributed by atoms with Crippen molar-refractivity contribution in [1.82, 2.24) is 5.32 Å². The van der Waals surface area contributed by atoms with Gasteiger partial charge in [-0.3, -0.25) is 0 Å². The molecule has 1 atom stereocenters. The van der Waals surface area contributed by atoms with Crippen LogP contribution in [0.4, 0.5) is 16.2 Å². The molecule has 1 fully saturated rings. The first kappa shape index (κ1) is 17.6. The van der Waals surface area contributed by atoms with E-state index >= 15 is 0 Å². The van der Waals surface area contributed by atoms with Crippen molar-refractivity contribution in [1.29, 1.82) is 0 Å². The summed E-state index contributed by atoms with van der Waals surface area (Å²) in [6.07, 6.45) is 3.77. The van der Waals surface area contributed by atoms with Crippen LogP contribution in [0.1, 0.15) is 37.8 Å². The lowest BCUT2D eigenvalue weighted by Crippen LogP contribution is -2.31. The van der Waals surface area contributed by atoms with Crippen LogP contribution in [0.5, 0.6) is 0 Å². The molecule has 0 aromatic heterocycles. The first-order valence-electron chi connectivity index (χ1n) is 8.80. The molecule has 3 rings (SSSR count). The van der Waals surface area contributed by atoms with Crippen LogP contribution in [0.15, 0.2) is 48.5 Å². The lowest BCUT2D eigenvalue weighted by atomic mass is 10.1. The molecule has 1 heterocycles. The quantitative estimate of drug-likeness (QED) is 0.788. The highest BCUT2D eigenvalue weighted by Gasteiger charge is 2.13. The van der Waals surface area contributed by atoms with Gasteiger partial charge in [-0.25, -0.2) is 4.79 Å². The van der Waals surface area contributed by atoms with E-state index in [2.05, 4.69) is 21.6 Å². The van der Waals surface area contributed by atoms with Crippen molar-refractivity contribution in [2.45, 2.75) is 32.2 Å². The van der Waals surface area contributed by atoms with Gasteiger partial charge in [0.15, 0.2) is 0 Å². The molecule has 2 amide bonds. The lowest BCUT2D eigenvalue weighted by Gasteiger charge is -2.29. The van der Waals surface area contributed by atoms with E-state index in [1.165, 1.54) is 24.9 Å². The van der Waals surface area contributed by atoms with E-state index in [4.69, 9.17) is 11.6 Å². The number of urea groups is 1. The number of nitrogens with one attached hydrogen (secondary N) is 2. The molecule has 0 radical (unpaired) electrons. The first-order chi connectivity index (χ1) is 12.1. The van der Waals surface area contributed by atoms with Crippen molar-refractivity contribution in [3.63, 3.8) is 0 Å². The van der Waals surface area contributed by atoms with E-state index in [0.29, 0.717) is 5.02 Å². The van der Waals surface area contributed by atoms with Crippen molar-refractivity contribution in [3.05, 3.63) is 59.1 Å². The number of nitrogens with zero attached hydrogens (tertiary/aromatic N) is 1. The van der Waals surface area contributed by atoms with Gasteiger partial charge in [-0.05, 0) is 62.1 Å². The van der Waals surface area contributed by atoms with E-state index in [-0.39, 0.29) is 12.1 Å². The zero-order valence-electron chi connectivity index (χ0n) is 14.5. The maximum Gasteiger partial charge on any atom is 0.319 e. The Morgan fingerprint density at radius 3 is 2.52 bits per heavy atom. The molecule has 2 aromatic carbocycles. The second kappa shape index (κ2) is 8.26. The van der Waals surface area contributed by atoms with Crippen molar-refractivity contribution >= 4 is 29.0 Å². The minimum absolute atomic E-state index is 0.0949. The van der Waals surface area contributed by atoms with Crippen LogP contribution in [0.25, 0.3) is 0 Å². The number of hydrogen-bond acceptors (Lipinski definition) is 2. The third-order valence-corrected chi connectivity index (χ3v) is 4.79. The fourth-order valence-electron chi connectivity index (χ4n) is 3.13. The molecular weight excluding hydrogens is 334 g/mol. The van der Waals surface area contributed by atoms with Gasteiger partial charge < -0.3 is 15.5 Å². The Bertz CT molecular complexity index is 711. The Hall–Kier alpha value is -2.20. The van der Waals surface area contributed by atoms with Crippen LogP contribution in [0.3, 0.4) is 0 Å². The fourth-order valence-corrected chi connectivity index (χ4v) is 3.26. The molecule has 25 heavy (non-hydrogen) atoms. The lowest BCUT2D eigenvalue weighted by molar-refractivity contribution is 0.249. The highest BCUT2D eigenvalue weighted by molar-refractivity contribution is 6.30. The zero-order chi connectivity index (χ0) is 17.6. The second-order valence-electron chi connectivity index (χ2n) is 6.47. The monoisotopic (exact) mass is 357 g/mol. The Balaban J connectivity index is 1.59. The van der Waals surface area contributed by atoms with Gasteiger partial charge in [-0.1, -0.05) is 29.8 Å². The van der Waals surface area contributed by atoms with Crippen LogP contribution in [0.2, 0.25) is 5.02 Å². The van der Waals surface area contributed by atoms with Crippen molar-refractivity contribution in [2.75, 3.05) is 23.3 Å². The zero-order valence-corrected chi connectivity index (χ0v) is 15.2. The summed E-state index contributed by atoms with van der Waals surface area (Å²) in [7, 11) is 0. The van der Waals surface area contributed by atoms with Gasteiger partial charge in [0.25, 0.3) is 0 Å². The Labute approximate surface area is 154 Å². The van der Waals surface area contributed by atoms with Gasteiger partial charge in [-0.15, -0.1) is 0 Å². The largest absolute Gasteiger partial charge is 0.371 e. The summed E-state index contributed by atoms with van der Waals surface area (Å²) in [5, 5.41) is 6.58. The number of piperidine rings is 1. The Morgan fingerprint density at radius 1 is 1.08 bits per heavy atom. The number of amides is 2. The van der Waals surface area contributed by atoms with Gasteiger partial charge >= 0.3 is 6.03 Å². The van der Waals surface area contributed by atoms with Crippen molar-refractivity contribution in [3.8, 4) is 0 Å². The van der Waals surface area contributed by atoms with Gasteiger partial charge in [-0.2, -0.15) is 0 Å². The summed E-state index contributed by atoms with van der Waals surface area (Å²) in [5.41, 5.74) is 2.99. The molecule has 0 saturated carbocycles. The second-order valence-corrected chi connectivity index (χ2v) is 6.91. The van der Waals surface area contributed by atoms with E-state index in [1.807, 2.05) is 49.4 Å². The van der Waals surface area contributed by atoms with E-state index in [0.717, 1.165) is 24.3 Å². The number of hydrogen-bond donors (Lipinski definition) is 2. The van der Waals surface area contributed by atoms with Crippen LogP contribution < -0.4 is 15.5 Å². The molecule has 2 N–H and O–H groups in total. The number of carbonyl (C=O) groups excluding carboxylic acids is 1. The standard InChI is InChI=1S/C20H24ClN3O/c1-15(16-8-10-17(21)11-9-16)22-20(25)23-18-6-5-7-19(14-18)24-12-3-2-4-13-24/h5-11,14-15H,2-4,12-13H2,1H3,(H2,22,23,25). The molecule has 1 unspecified atom stereocenters. The van der Waals surface area contributed by atoms with Gasteiger partial charge in [0, 0.05) is 29.5 Å². The number of carbonyl (C=O) groups is 1. The summed E-state index contributed by atoms with van der Waals surface area (Å²) in [4.78, 5) is 14.7. The maximum atomic E-state index is 12.3. The highest BCUT2D eigenvalue weighted by Crippen LogP contribution is 2.23. The van der Waals surface area contributed by atoms with Gasteiger partial charge in [0.05, 0.1) is 6.04 Å². The number of rotatable bonds is 4. The minimum Gasteiger partial charge on any atom is -0.371 e. The summed E-state index contributed by atoms with van der Waals surface area (Å²) < 4.78 is 0. The molecule has 0 aliphatic carbocycles. The van der Waals surface area contributed by atoms with Crippen LogP contribution in [-0.4, -0.2) is 19.1 Å². The predicted octanol–water partition coefficient (Wildman–Crippen LogP) is 5.21. The number of benzene rings is 2. The minimum atomic E-state index is -0.210. The maximum absolute atomic E-state index is 12.3. The van der Waals surface area contributed by atoms with E-state index < -0.39 is 0 Å². The Morgan fingerprint density at radius 2 is 1.80 bits per heavy atom. The van der Waals surface area contributed by atoms with Gasteiger partial charge in [0.2, 0.25) is 0 Å². The van der Waals surface area contributed by atoms with Crippen molar-refractivity contribution in [2.24, 2.45) is 0 Å². The first-order valence-corrected chi connectivity index (χ1v) is 9.17. The molecule has 4 nitrogen and oxygen atoms in total. The number of halogens is 1. The molecule has 1 aliphatic rings. The van der Waals surface area contributed by atoms with E-state index in [9.17, 15) is 4.79 Å². The summed E-state index contributed by atoms with van der Waals surface area (Å²) >= 11 is 5.90. The normalized spacial score (nSPS) is 15.5. The van der Waals surface area contributed by atoms with E-state index in [1.54, 1.807) is 0 Å². The SMILES string of the molecule is CC(NC(=O)Nc1cccc(N2CCCCC2)c1)c1ccc(Cl)cc1.